The first-order valence-corrected chi connectivity index (χ1v) is 5.40. The summed E-state index contributed by atoms with van der Waals surface area (Å²) in [6, 6.07) is 9.65. The molecule has 1 aromatic carbocycles. The lowest BCUT2D eigenvalue weighted by molar-refractivity contribution is 0.112. The fraction of sp³-hybridized carbons (Fsp3) is 0.0833. The fourth-order valence-electron chi connectivity index (χ4n) is 1.40. The van der Waals surface area contributed by atoms with E-state index in [2.05, 4.69) is 0 Å². The molecule has 0 saturated carbocycles. The molecular formula is C12H10O2S. The third kappa shape index (κ3) is 1.92. The van der Waals surface area contributed by atoms with Gasteiger partial charge in [0.05, 0.1) is 7.11 Å². The van der Waals surface area contributed by atoms with Crippen molar-refractivity contribution in [3.63, 3.8) is 0 Å². The zero-order chi connectivity index (χ0) is 10.7. The highest BCUT2D eigenvalue weighted by Gasteiger charge is 2.06. The smallest absolute Gasteiger partial charge is 0.150 e. The molecule has 0 spiro atoms. The van der Waals surface area contributed by atoms with E-state index < -0.39 is 0 Å². The van der Waals surface area contributed by atoms with Gasteiger partial charge in [-0.1, -0.05) is 12.1 Å². The van der Waals surface area contributed by atoms with E-state index in [4.69, 9.17) is 4.74 Å². The number of benzene rings is 1. The molecule has 0 unspecified atom stereocenters. The van der Waals surface area contributed by atoms with E-state index in [1.807, 2.05) is 35.7 Å². The second-order valence-electron chi connectivity index (χ2n) is 3.06. The lowest BCUT2D eigenvalue weighted by Crippen LogP contribution is -1.85. The number of ether oxygens (including phenoxy) is 1. The summed E-state index contributed by atoms with van der Waals surface area (Å²) >= 11 is 1.55. The first-order chi connectivity index (χ1) is 7.35. The largest absolute Gasteiger partial charge is 0.496 e. The van der Waals surface area contributed by atoms with Crippen LogP contribution in [0.1, 0.15) is 10.4 Å². The van der Waals surface area contributed by atoms with Crippen LogP contribution in [-0.4, -0.2) is 13.4 Å². The minimum Gasteiger partial charge on any atom is -0.496 e. The third-order valence-corrected chi connectivity index (χ3v) is 3.11. The van der Waals surface area contributed by atoms with Crippen LogP contribution in [0.3, 0.4) is 0 Å². The highest BCUT2D eigenvalue weighted by molar-refractivity contribution is 7.13. The number of thiophene rings is 1. The summed E-state index contributed by atoms with van der Waals surface area (Å²) in [6.07, 6.45) is 0.857. The van der Waals surface area contributed by atoms with E-state index in [0.717, 1.165) is 22.5 Å². The Labute approximate surface area is 92.1 Å². The maximum absolute atomic E-state index is 10.6. The maximum Gasteiger partial charge on any atom is 0.150 e. The molecule has 2 nitrogen and oxygen atoms in total. The molecule has 2 rings (SSSR count). The standard InChI is InChI=1S/C12H10O2S/c1-14-11-5-3-2-4-10(11)12-6-9(7-13)8-15-12/h2-8H,1H3. The second-order valence-corrected chi connectivity index (χ2v) is 3.97. The number of para-hydroxylation sites is 1. The average Bonchev–Trinajstić information content (AvgIpc) is 2.77. The van der Waals surface area contributed by atoms with Gasteiger partial charge in [0.25, 0.3) is 0 Å². The van der Waals surface area contributed by atoms with Gasteiger partial charge in [0.2, 0.25) is 0 Å². The van der Waals surface area contributed by atoms with Crippen molar-refractivity contribution in [1.82, 2.24) is 0 Å². The molecule has 0 radical (unpaired) electrons. The van der Waals surface area contributed by atoms with Crippen molar-refractivity contribution in [3.05, 3.63) is 41.3 Å². The molecule has 0 amide bonds. The van der Waals surface area contributed by atoms with E-state index >= 15 is 0 Å². The molecule has 1 aromatic heterocycles. The summed E-state index contributed by atoms with van der Waals surface area (Å²) in [5.41, 5.74) is 1.74. The molecule has 0 aliphatic heterocycles. The molecular weight excluding hydrogens is 208 g/mol. The molecule has 0 atom stereocenters. The molecule has 76 valence electrons. The van der Waals surface area contributed by atoms with E-state index in [0.29, 0.717) is 5.56 Å². The van der Waals surface area contributed by atoms with Crippen molar-refractivity contribution in [2.45, 2.75) is 0 Å². The van der Waals surface area contributed by atoms with Crippen LogP contribution in [0.15, 0.2) is 35.7 Å². The molecule has 0 N–H and O–H groups in total. The van der Waals surface area contributed by atoms with E-state index in [1.165, 1.54) is 0 Å². The molecule has 2 aromatic rings. The molecule has 0 fully saturated rings. The Bertz CT molecular complexity index is 474. The first-order valence-electron chi connectivity index (χ1n) is 4.52. The molecule has 0 bridgehead atoms. The van der Waals surface area contributed by atoms with Gasteiger partial charge in [-0.15, -0.1) is 11.3 Å². The van der Waals surface area contributed by atoms with Crippen LogP contribution in [-0.2, 0) is 0 Å². The van der Waals surface area contributed by atoms with Crippen LogP contribution in [0.25, 0.3) is 10.4 Å². The van der Waals surface area contributed by atoms with Gasteiger partial charge in [-0.2, -0.15) is 0 Å². The normalized spacial score (nSPS) is 9.93. The minimum absolute atomic E-state index is 0.709. The van der Waals surface area contributed by atoms with Gasteiger partial charge in [0.1, 0.15) is 5.75 Å². The summed E-state index contributed by atoms with van der Waals surface area (Å²) in [5.74, 6) is 0.830. The third-order valence-electron chi connectivity index (χ3n) is 2.13. The SMILES string of the molecule is COc1ccccc1-c1cc(C=O)cs1. The maximum atomic E-state index is 10.6. The quantitative estimate of drug-likeness (QED) is 0.739. The van der Waals surface area contributed by atoms with Crippen molar-refractivity contribution in [2.75, 3.05) is 7.11 Å². The van der Waals surface area contributed by atoms with Gasteiger partial charge >= 0.3 is 0 Å². The molecule has 1 heterocycles. The Hall–Kier alpha value is -1.61. The summed E-state index contributed by atoms with van der Waals surface area (Å²) in [4.78, 5) is 11.6. The monoisotopic (exact) mass is 218 g/mol. The Morgan fingerprint density at radius 3 is 2.80 bits per heavy atom. The van der Waals surface area contributed by atoms with Crippen LogP contribution in [0, 0.1) is 0 Å². The summed E-state index contributed by atoms with van der Waals surface area (Å²) < 4.78 is 5.26. The molecule has 0 saturated heterocycles. The van der Waals surface area contributed by atoms with Crippen molar-refractivity contribution >= 4 is 17.6 Å². The Balaban J connectivity index is 2.48. The van der Waals surface area contributed by atoms with Crippen molar-refractivity contribution in [1.29, 1.82) is 0 Å². The minimum atomic E-state index is 0.709. The second kappa shape index (κ2) is 4.28. The molecule has 0 aliphatic rings. The topological polar surface area (TPSA) is 26.3 Å². The number of carbonyl (C=O) groups is 1. The van der Waals surface area contributed by atoms with Gasteiger partial charge in [-0.25, -0.2) is 0 Å². The van der Waals surface area contributed by atoms with E-state index in [9.17, 15) is 4.79 Å². The summed E-state index contributed by atoms with van der Waals surface area (Å²) in [6.45, 7) is 0. The van der Waals surface area contributed by atoms with Crippen LogP contribution in [0.5, 0.6) is 5.75 Å². The Morgan fingerprint density at radius 2 is 2.13 bits per heavy atom. The van der Waals surface area contributed by atoms with Crippen molar-refractivity contribution in [3.8, 4) is 16.2 Å². The predicted molar refractivity (Wildman–Crippen MR) is 61.7 cm³/mol. The number of carbonyl (C=O) groups excluding carboxylic acids is 1. The van der Waals surface area contributed by atoms with Crippen LogP contribution < -0.4 is 4.74 Å². The van der Waals surface area contributed by atoms with Gasteiger partial charge in [0.15, 0.2) is 6.29 Å². The van der Waals surface area contributed by atoms with Gasteiger partial charge in [-0.3, -0.25) is 4.79 Å². The number of aldehydes is 1. The Morgan fingerprint density at radius 1 is 1.33 bits per heavy atom. The molecule has 3 heteroatoms. The number of rotatable bonds is 3. The highest BCUT2D eigenvalue weighted by Crippen LogP contribution is 2.33. The highest BCUT2D eigenvalue weighted by atomic mass is 32.1. The average molecular weight is 218 g/mol. The van der Waals surface area contributed by atoms with Crippen LogP contribution in [0.4, 0.5) is 0 Å². The molecule has 15 heavy (non-hydrogen) atoms. The number of methoxy groups -OCH3 is 1. The van der Waals surface area contributed by atoms with E-state index in [-0.39, 0.29) is 0 Å². The zero-order valence-electron chi connectivity index (χ0n) is 8.27. The zero-order valence-corrected chi connectivity index (χ0v) is 9.08. The lowest BCUT2D eigenvalue weighted by Gasteiger charge is -2.05. The molecule has 0 aliphatic carbocycles. The van der Waals surface area contributed by atoms with Crippen LogP contribution >= 0.6 is 11.3 Å². The number of hydrogen-bond acceptors (Lipinski definition) is 3. The Kier molecular flexibility index (Phi) is 2.83. The summed E-state index contributed by atoms with van der Waals surface area (Å²) in [5, 5.41) is 1.84. The van der Waals surface area contributed by atoms with Gasteiger partial charge in [-0.05, 0) is 18.2 Å². The van der Waals surface area contributed by atoms with Crippen molar-refractivity contribution < 1.29 is 9.53 Å². The van der Waals surface area contributed by atoms with Crippen molar-refractivity contribution in [2.24, 2.45) is 0 Å². The summed E-state index contributed by atoms with van der Waals surface area (Å²) in [7, 11) is 1.65. The first kappa shape index (κ1) is 9.93. The van der Waals surface area contributed by atoms with E-state index in [1.54, 1.807) is 18.4 Å². The fourth-order valence-corrected chi connectivity index (χ4v) is 2.29. The van der Waals surface area contributed by atoms with Crippen LogP contribution in [0.2, 0.25) is 0 Å². The van der Waals surface area contributed by atoms with Gasteiger partial charge < -0.3 is 4.74 Å². The number of hydrogen-bond donors (Lipinski definition) is 0. The lowest BCUT2D eigenvalue weighted by atomic mass is 10.1. The van der Waals surface area contributed by atoms with Gasteiger partial charge in [0, 0.05) is 21.4 Å². The predicted octanol–water partition coefficient (Wildman–Crippen LogP) is 3.24.